The molecule has 102 valence electrons. The Morgan fingerprint density at radius 3 is 2.32 bits per heavy atom. The molecule has 1 aromatic heterocycles. The van der Waals surface area contributed by atoms with E-state index in [4.69, 9.17) is 0 Å². The maximum absolute atomic E-state index is 9.79. The highest BCUT2D eigenvalue weighted by molar-refractivity contribution is 5.25. The van der Waals surface area contributed by atoms with Gasteiger partial charge in [0.05, 0.1) is 6.10 Å². The second-order valence-corrected chi connectivity index (χ2v) is 5.44. The van der Waals surface area contributed by atoms with Crippen molar-refractivity contribution in [1.29, 1.82) is 0 Å². The number of hydrogen-bond donors (Lipinski definition) is 1. The van der Waals surface area contributed by atoms with Crippen LogP contribution in [0.15, 0.2) is 42.7 Å². The lowest BCUT2D eigenvalue weighted by molar-refractivity contribution is 0.173. The van der Waals surface area contributed by atoms with Crippen LogP contribution in [-0.2, 0) is 6.54 Å². The molecule has 2 rings (SSSR count). The lowest BCUT2D eigenvalue weighted by Gasteiger charge is -2.08. The molecular formula is C17H23NO. The average molecular weight is 257 g/mol. The summed E-state index contributed by atoms with van der Waals surface area (Å²) >= 11 is 0. The Bertz CT molecular complexity index is 510. The van der Waals surface area contributed by atoms with Crippen LogP contribution in [0.25, 0.3) is 0 Å². The monoisotopic (exact) mass is 257 g/mol. The summed E-state index contributed by atoms with van der Waals surface area (Å²) in [6.45, 7) is 7.26. The SMILES string of the molecule is CCC(O)c1ccn(Cc2ccc(C(C)C)cc2)c1. The fourth-order valence-electron chi connectivity index (χ4n) is 2.21. The predicted molar refractivity (Wildman–Crippen MR) is 79.3 cm³/mol. The molecule has 2 nitrogen and oxygen atoms in total. The molecule has 0 bridgehead atoms. The van der Waals surface area contributed by atoms with E-state index in [0.29, 0.717) is 5.92 Å². The van der Waals surface area contributed by atoms with E-state index < -0.39 is 0 Å². The fourth-order valence-corrected chi connectivity index (χ4v) is 2.21. The summed E-state index contributed by atoms with van der Waals surface area (Å²) in [5.41, 5.74) is 3.66. The minimum Gasteiger partial charge on any atom is -0.388 e. The third-order valence-corrected chi connectivity index (χ3v) is 3.56. The molecule has 0 aliphatic carbocycles. The average Bonchev–Trinajstić information content (AvgIpc) is 2.87. The smallest absolute Gasteiger partial charge is 0.0802 e. The van der Waals surface area contributed by atoms with Crippen LogP contribution in [-0.4, -0.2) is 9.67 Å². The van der Waals surface area contributed by atoms with E-state index in [1.165, 1.54) is 11.1 Å². The third-order valence-electron chi connectivity index (χ3n) is 3.56. The summed E-state index contributed by atoms with van der Waals surface area (Å²) in [6.07, 6.45) is 4.48. The Kier molecular flexibility index (Phi) is 4.43. The van der Waals surface area contributed by atoms with Gasteiger partial charge in [0, 0.05) is 18.9 Å². The van der Waals surface area contributed by atoms with Crippen LogP contribution in [0.4, 0.5) is 0 Å². The molecule has 19 heavy (non-hydrogen) atoms. The highest BCUT2D eigenvalue weighted by atomic mass is 16.3. The van der Waals surface area contributed by atoms with Gasteiger partial charge in [-0.15, -0.1) is 0 Å². The van der Waals surface area contributed by atoms with E-state index in [1.54, 1.807) is 0 Å². The molecule has 0 aliphatic heterocycles. The minimum absolute atomic E-state index is 0.343. The van der Waals surface area contributed by atoms with Crippen LogP contribution in [0.1, 0.15) is 55.9 Å². The quantitative estimate of drug-likeness (QED) is 0.857. The molecule has 1 heterocycles. The highest BCUT2D eigenvalue weighted by Crippen LogP contribution is 2.18. The van der Waals surface area contributed by atoms with E-state index in [0.717, 1.165) is 18.5 Å². The Hall–Kier alpha value is -1.54. The topological polar surface area (TPSA) is 25.2 Å². The molecule has 0 saturated carbocycles. The summed E-state index contributed by atoms with van der Waals surface area (Å²) < 4.78 is 2.12. The van der Waals surface area contributed by atoms with Crippen LogP contribution in [0.2, 0.25) is 0 Å². The van der Waals surface area contributed by atoms with Crippen LogP contribution < -0.4 is 0 Å². The molecule has 0 aliphatic rings. The maximum Gasteiger partial charge on any atom is 0.0802 e. The largest absolute Gasteiger partial charge is 0.388 e. The summed E-state index contributed by atoms with van der Waals surface area (Å²) in [4.78, 5) is 0. The summed E-state index contributed by atoms with van der Waals surface area (Å²) in [5, 5.41) is 9.79. The highest BCUT2D eigenvalue weighted by Gasteiger charge is 2.06. The van der Waals surface area contributed by atoms with Gasteiger partial charge in [-0.1, -0.05) is 45.0 Å². The van der Waals surface area contributed by atoms with E-state index in [-0.39, 0.29) is 6.10 Å². The summed E-state index contributed by atoms with van der Waals surface area (Å²) in [6, 6.07) is 10.8. The molecular weight excluding hydrogens is 234 g/mol. The molecule has 0 amide bonds. The van der Waals surface area contributed by atoms with Gasteiger partial charge in [0.15, 0.2) is 0 Å². The molecule has 1 unspecified atom stereocenters. The van der Waals surface area contributed by atoms with Gasteiger partial charge >= 0.3 is 0 Å². The lowest BCUT2D eigenvalue weighted by Crippen LogP contribution is -1.98. The first kappa shape index (κ1) is 13.9. The van der Waals surface area contributed by atoms with Crippen molar-refractivity contribution in [2.24, 2.45) is 0 Å². The van der Waals surface area contributed by atoms with Gasteiger partial charge in [-0.25, -0.2) is 0 Å². The fraction of sp³-hybridized carbons (Fsp3) is 0.412. The molecule has 0 saturated heterocycles. The Labute approximate surface area is 115 Å². The number of hydrogen-bond acceptors (Lipinski definition) is 1. The van der Waals surface area contributed by atoms with Crippen LogP contribution >= 0.6 is 0 Å². The Balaban J connectivity index is 2.06. The van der Waals surface area contributed by atoms with Gasteiger partial charge in [-0.3, -0.25) is 0 Å². The molecule has 0 fully saturated rings. The van der Waals surface area contributed by atoms with Crippen molar-refractivity contribution < 1.29 is 5.11 Å². The lowest BCUT2D eigenvalue weighted by atomic mass is 10.0. The van der Waals surface area contributed by atoms with Crippen molar-refractivity contribution in [3.05, 3.63) is 59.4 Å². The molecule has 0 spiro atoms. The van der Waals surface area contributed by atoms with Gasteiger partial charge in [0.2, 0.25) is 0 Å². The first-order valence-electron chi connectivity index (χ1n) is 7.02. The summed E-state index contributed by atoms with van der Waals surface area (Å²) in [7, 11) is 0. The molecule has 1 atom stereocenters. The number of nitrogens with zero attached hydrogens (tertiary/aromatic N) is 1. The normalized spacial score (nSPS) is 12.9. The van der Waals surface area contributed by atoms with E-state index in [2.05, 4.69) is 42.7 Å². The van der Waals surface area contributed by atoms with E-state index in [1.807, 2.05) is 25.4 Å². The van der Waals surface area contributed by atoms with Crippen molar-refractivity contribution >= 4 is 0 Å². The van der Waals surface area contributed by atoms with Crippen molar-refractivity contribution in [3.8, 4) is 0 Å². The van der Waals surface area contributed by atoms with Gasteiger partial charge in [-0.2, -0.15) is 0 Å². The molecule has 2 heteroatoms. The van der Waals surface area contributed by atoms with E-state index >= 15 is 0 Å². The van der Waals surface area contributed by atoms with Crippen LogP contribution in [0.5, 0.6) is 0 Å². The predicted octanol–water partition coefficient (Wildman–Crippen LogP) is 4.10. The minimum atomic E-state index is -0.343. The van der Waals surface area contributed by atoms with Gasteiger partial charge in [0.1, 0.15) is 0 Å². The zero-order chi connectivity index (χ0) is 13.8. The van der Waals surface area contributed by atoms with Gasteiger partial charge < -0.3 is 9.67 Å². The van der Waals surface area contributed by atoms with Crippen LogP contribution in [0.3, 0.4) is 0 Å². The zero-order valence-electron chi connectivity index (χ0n) is 12.0. The molecule has 1 aromatic carbocycles. The molecule has 2 aromatic rings. The van der Waals surface area contributed by atoms with Crippen molar-refractivity contribution in [2.75, 3.05) is 0 Å². The van der Waals surface area contributed by atoms with Crippen molar-refractivity contribution in [1.82, 2.24) is 4.57 Å². The van der Waals surface area contributed by atoms with Crippen molar-refractivity contribution in [3.63, 3.8) is 0 Å². The first-order chi connectivity index (χ1) is 9.10. The Morgan fingerprint density at radius 2 is 1.74 bits per heavy atom. The number of aromatic nitrogens is 1. The van der Waals surface area contributed by atoms with Crippen molar-refractivity contribution in [2.45, 2.75) is 45.8 Å². The van der Waals surface area contributed by atoms with Gasteiger partial charge in [-0.05, 0) is 35.1 Å². The van der Waals surface area contributed by atoms with Gasteiger partial charge in [0.25, 0.3) is 0 Å². The second-order valence-electron chi connectivity index (χ2n) is 5.44. The number of aliphatic hydroxyl groups excluding tert-OH is 1. The third kappa shape index (κ3) is 3.48. The number of benzene rings is 1. The standard InChI is InChI=1S/C17H23NO/c1-4-17(19)16-9-10-18(12-16)11-14-5-7-15(8-6-14)13(2)3/h5-10,12-13,17,19H,4,11H2,1-3H3. The Morgan fingerprint density at radius 1 is 1.05 bits per heavy atom. The second kappa shape index (κ2) is 6.07. The zero-order valence-corrected chi connectivity index (χ0v) is 12.0. The number of rotatable bonds is 5. The summed E-state index contributed by atoms with van der Waals surface area (Å²) in [5.74, 6) is 0.576. The number of aliphatic hydroxyl groups is 1. The first-order valence-corrected chi connectivity index (χ1v) is 7.02. The molecule has 1 N–H and O–H groups in total. The van der Waals surface area contributed by atoms with E-state index in [9.17, 15) is 5.11 Å². The van der Waals surface area contributed by atoms with Crippen LogP contribution in [0, 0.1) is 0 Å². The maximum atomic E-state index is 9.79. The molecule has 0 radical (unpaired) electrons.